The standard InChI is InChI=1S/C9H9Br2NO/c1-2-3-4-13-9-8(11)5-7(10)6-12-9/h2-3,5-6H,4H2,1H3/b3-2+. The average Bonchev–Trinajstić information content (AvgIpc) is 2.09. The maximum atomic E-state index is 5.37. The molecule has 1 rings (SSSR count). The number of halogens is 2. The van der Waals surface area contributed by atoms with E-state index in [0.29, 0.717) is 12.5 Å². The smallest absolute Gasteiger partial charge is 0.228 e. The average molecular weight is 307 g/mol. The lowest BCUT2D eigenvalue weighted by Gasteiger charge is -2.03. The molecule has 0 bridgehead atoms. The summed E-state index contributed by atoms with van der Waals surface area (Å²) in [6.45, 7) is 2.50. The van der Waals surface area contributed by atoms with E-state index < -0.39 is 0 Å². The molecule has 0 spiro atoms. The van der Waals surface area contributed by atoms with Crippen molar-refractivity contribution in [1.29, 1.82) is 0 Å². The zero-order valence-electron chi connectivity index (χ0n) is 7.13. The van der Waals surface area contributed by atoms with Gasteiger partial charge in [-0.15, -0.1) is 0 Å². The van der Waals surface area contributed by atoms with Crippen LogP contribution < -0.4 is 4.74 Å². The second kappa shape index (κ2) is 5.40. The van der Waals surface area contributed by atoms with Crippen molar-refractivity contribution < 1.29 is 4.74 Å². The molecule has 0 saturated heterocycles. The van der Waals surface area contributed by atoms with E-state index in [2.05, 4.69) is 36.8 Å². The van der Waals surface area contributed by atoms with Gasteiger partial charge in [0.2, 0.25) is 5.88 Å². The van der Waals surface area contributed by atoms with Crippen molar-refractivity contribution in [1.82, 2.24) is 4.98 Å². The van der Waals surface area contributed by atoms with Crippen LogP contribution in [0.4, 0.5) is 0 Å². The van der Waals surface area contributed by atoms with E-state index in [4.69, 9.17) is 4.74 Å². The lowest BCUT2D eigenvalue weighted by atomic mass is 10.5. The van der Waals surface area contributed by atoms with Crippen molar-refractivity contribution in [3.05, 3.63) is 33.4 Å². The van der Waals surface area contributed by atoms with Gasteiger partial charge in [-0.05, 0) is 44.8 Å². The van der Waals surface area contributed by atoms with Crippen LogP contribution in [0, 0.1) is 0 Å². The van der Waals surface area contributed by atoms with Gasteiger partial charge in [0, 0.05) is 10.7 Å². The second-order valence-electron chi connectivity index (χ2n) is 2.32. The minimum absolute atomic E-state index is 0.545. The fraction of sp³-hybridized carbons (Fsp3) is 0.222. The van der Waals surface area contributed by atoms with Gasteiger partial charge in [0.1, 0.15) is 6.61 Å². The monoisotopic (exact) mass is 305 g/mol. The largest absolute Gasteiger partial charge is 0.473 e. The van der Waals surface area contributed by atoms with Crippen molar-refractivity contribution in [3.8, 4) is 5.88 Å². The Hall–Kier alpha value is -0.350. The molecular formula is C9H9Br2NO. The Morgan fingerprint density at radius 2 is 2.31 bits per heavy atom. The first-order chi connectivity index (χ1) is 6.24. The summed E-state index contributed by atoms with van der Waals surface area (Å²) in [6, 6.07) is 1.90. The molecule has 13 heavy (non-hydrogen) atoms. The molecule has 0 amide bonds. The zero-order chi connectivity index (χ0) is 9.68. The molecule has 1 aromatic heterocycles. The number of nitrogens with zero attached hydrogens (tertiary/aromatic N) is 1. The van der Waals surface area contributed by atoms with Crippen LogP contribution in [0.2, 0.25) is 0 Å². The minimum Gasteiger partial charge on any atom is -0.473 e. The maximum absolute atomic E-state index is 5.37. The Balaban J connectivity index is 2.66. The van der Waals surface area contributed by atoms with Gasteiger partial charge in [-0.2, -0.15) is 0 Å². The Bertz CT molecular complexity index is 312. The molecule has 0 aliphatic carbocycles. The van der Waals surface area contributed by atoms with Gasteiger partial charge in [0.05, 0.1) is 4.47 Å². The van der Waals surface area contributed by atoms with Crippen molar-refractivity contribution in [3.63, 3.8) is 0 Å². The fourth-order valence-electron chi connectivity index (χ4n) is 0.732. The number of hydrogen-bond donors (Lipinski definition) is 0. The highest BCUT2D eigenvalue weighted by molar-refractivity contribution is 9.11. The van der Waals surface area contributed by atoms with Gasteiger partial charge in [-0.3, -0.25) is 0 Å². The summed E-state index contributed by atoms with van der Waals surface area (Å²) in [6.07, 6.45) is 5.57. The predicted molar refractivity (Wildman–Crippen MR) is 59.9 cm³/mol. The SMILES string of the molecule is C/C=C/COc1ncc(Br)cc1Br. The van der Waals surface area contributed by atoms with Crippen LogP contribution in [0.3, 0.4) is 0 Å². The van der Waals surface area contributed by atoms with Crippen LogP contribution in [0.1, 0.15) is 6.92 Å². The van der Waals surface area contributed by atoms with E-state index >= 15 is 0 Å². The van der Waals surface area contributed by atoms with Crippen LogP contribution in [0.5, 0.6) is 5.88 Å². The summed E-state index contributed by atoms with van der Waals surface area (Å²) in [7, 11) is 0. The summed E-state index contributed by atoms with van der Waals surface area (Å²) in [5.41, 5.74) is 0. The number of rotatable bonds is 3. The summed E-state index contributed by atoms with van der Waals surface area (Å²) in [4.78, 5) is 4.10. The van der Waals surface area contributed by atoms with Crippen molar-refractivity contribution in [2.45, 2.75) is 6.92 Å². The summed E-state index contributed by atoms with van der Waals surface area (Å²) < 4.78 is 7.15. The summed E-state index contributed by atoms with van der Waals surface area (Å²) in [5.74, 6) is 0.612. The van der Waals surface area contributed by atoms with Gasteiger partial charge < -0.3 is 4.74 Å². The highest BCUT2D eigenvalue weighted by atomic mass is 79.9. The highest BCUT2D eigenvalue weighted by Crippen LogP contribution is 2.25. The third-order valence-corrected chi connectivity index (χ3v) is 2.33. The molecule has 70 valence electrons. The number of aromatic nitrogens is 1. The van der Waals surface area contributed by atoms with Crippen LogP contribution >= 0.6 is 31.9 Å². The van der Waals surface area contributed by atoms with Crippen LogP contribution in [0.25, 0.3) is 0 Å². The Morgan fingerprint density at radius 1 is 1.54 bits per heavy atom. The molecule has 1 aromatic rings. The van der Waals surface area contributed by atoms with Crippen LogP contribution in [-0.2, 0) is 0 Å². The van der Waals surface area contributed by atoms with Gasteiger partial charge >= 0.3 is 0 Å². The van der Waals surface area contributed by atoms with Crippen LogP contribution in [0.15, 0.2) is 33.4 Å². The molecule has 1 heterocycles. The quantitative estimate of drug-likeness (QED) is 0.797. The third-order valence-electron chi connectivity index (χ3n) is 1.33. The minimum atomic E-state index is 0.545. The molecule has 2 nitrogen and oxygen atoms in total. The first kappa shape index (κ1) is 10.7. The first-order valence-electron chi connectivity index (χ1n) is 3.79. The Labute approximate surface area is 94.3 Å². The van der Waals surface area contributed by atoms with Crippen molar-refractivity contribution in [2.75, 3.05) is 6.61 Å². The van der Waals surface area contributed by atoms with E-state index in [1.54, 1.807) is 6.20 Å². The lowest BCUT2D eigenvalue weighted by Crippen LogP contribution is -1.96. The van der Waals surface area contributed by atoms with Gasteiger partial charge in [0.25, 0.3) is 0 Å². The number of pyridine rings is 1. The number of allylic oxidation sites excluding steroid dienone is 1. The molecule has 0 aliphatic rings. The summed E-state index contributed by atoms with van der Waals surface area (Å²) in [5, 5.41) is 0. The molecule has 0 unspecified atom stereocenters. The molecule has 4 heteroatoms. The topological polar surface area (TPSA) is 22.1 Å². The van der Waals surface area contributed by atoms with E-state index in [0.717, 1.165) is 8.95 Å². The fourth-order valence-corrected chi connectivity index (χ4v) is 1.83. The van der Waals surface area contributed by atoms with E-state index in [1.807, 2.05) is 25.1 Å². The first-order valence-corrected chi connectivity index (χ1v) is 5.37. The normalized spacial score (nSPS) is 10.7. The maximum Gasteiger partial charge on any atom is 0.228 e. The molecule has 0 aromatic carbocycles. The lowest BCUT2D eigenvalue weighted by molar-refractivity contribution is 0.345. The van der Waals surface area contributed by atoms with E-state index in [9.17, 15) is 0 Å². The summed E-state index contributed by atoms with van der Waals surface area (Å²) >= 11 is 6.67. The van der Waals surface area contributed by atoms with Gasteiger partial charge in [-0.1, -0.05) is 12.2 Å². The van der Waals surface area contributed by atoms with Crippen molar-refractivity contribution >= 4 is 31.9 Å². The molecule has 0 radical (unpaired) electrons. The number of hydrogen-bond acceptors (Lipinski definition) is 2. The van der Waals surface area contributed by atoms with Gasteiger partial charge in [0.15, 0.2) is 0 Å². The Kier molecular flexibility index (Phi) is 4.45. The predicted octanol–water partition coefficient (Wildman–Crippen LogP) is 3.56. The van der Waals surface area contributed by atoms with Crippen molar-refractivity contribution in [2.24, 2.45) is 0 Å². The highest BCUT2D eigenvalue weighted by Gasteiger charge is 2.01. The molecule has 0 saturated carbocycles. The van der Waals surface area contributed by atoms with E-state index in [-0.39, 0.29) is 0 Å². The third kappa shape index (κ3) is 3.48. The van der Waals surface area contributed by atoms with Crippen LogP contribution in [-0.4, -0.2) is 11.6 Å². The zero-order valence-corrected chi connectivity index (χ0v) is 10.3. The van der Waals surface area contributed by atoms with Gasteiger partial charge in [-0.25, -0.2) is 4.98 Å². The number of ether oxygens (including phenoxy) is 1. The molecule has 0 atom stereocenters. The molecule has 0 aliphatic heterocycles. The molecular weight excluding hydrogens is 298 g/mol. The Morgan fingerprint density at radius 3 is 2.92 bits per heavy atom. The molecule has 0 fully saturated rings. The molecule has 0 N–H and O–H groups in total. The van der Waals surface area contributed by atoms with E-state index in [1.165, 1.54) is 0 Å². The second-order valence-corrected chi connectivity index (χ2v) is 4.09.